The number of carbonyl (C=O) groups excluding carboxylic acids is 1. The Kier molecular flexibility index (Phi) is 7.01. The molecule has 2 N–H and O–H groups in total. The van der Waals surface area contributed by atoms with E-state index in [1.807, 2.05) is 12.1 Å². The SMILES string of the molecule is CCCCCNc1nccc(Nc2ccccc2C(=O)OCC)n1. The highest BCUT2D eigenvalue weighted by Gasteiger charge is 2.12. The summed E-state index contributed by atoms with van der Waals surface area (Å²) >= 11 is 0. The Labute approximate surface area is 142 Å². The number of benzene rings is 1. The smallest absolute Gasteiger partial charge is 0.340 e. The van der Waals surface area contributed by atoms with E-state index >= 15 is 0 Å². The number of esters is 1. The molecule has 1 aromatic heterocycles. The van der Waals surface area contributed by atoms with Crippen LogP contribution in [0.3, 0.4) is 0 Å². The second kappa shape index (κ2) is 9.50. The molecule has 2 rings (SSSR count). The lowest BCUT2D eigenvalue weighted by Gasteiger charge is -2.11. The number of hydrogen-bond donors (Lipinski definition) is 2. The van der Waals surface area contributed by atoms with E-state index in [1.165, 1.54) is 12.8 Å². The summed E-state index contributed by atoms with van der Waals surface area (Å²) in [6.45, 7) is 5.14. The highest BCUT2D eigenvalue weighted by atomic mass is 16.5. The molecule has 2 aromatic rings. The molecule has 1 aromatic carbocycles. The number of rotatable bonds is 9. The van der Waals surface area contributed by atoms with Crippen molar-refractivity contribution in [3.63, 3.8) is 0 Å². The summed E-state index contributed by atoms with van der Waals surface area (Å²) in [4.78, 5) is 20.7. The van der Waals surface area contributed by atoms with Crippen LogP contribution in [-0.2, 0) is 4.74 Å². The van der Waals surface area contributed by atoms with Gasteiger partial charge in [-0.2, -0.15) is 4.98 Å². The molecule has 0 aliphatic rings. The normalized spacial score (nSPS) is 10.2. The van der Waals surface area contributed by atoms with Crippen molar-refractivity contribution >= 4 is 23.4 Å². The second-order valence-electron chi connectivity index (χ2n) is 5.29. The van der Waals surface area contributed by atoms with Gasteiger partial charge in [0.05, 0.1) is 17.9 Å². The van der Waals surface area contributed by atoms with Crippen LogP contribution in [-0.4, -0.2) is 29.1 Å². The molecule has 6 heteroatoms. The number of aromatic nitrogens is 2. The van der Waals surface area contributed by atoms with E-state index in [0.29, 0.717) is 29.6 Å². The van der Waals surface area contributed by atoms with E-state index in [1.54, 1.807) is 31.3 Å². The first-order chi connectivity index (χ1) is 11.7. The molecule has 6 nitrogen and oxygen atoms in total. The molecule has 0 aliphatic heterocycles. The van der Waals surface area contributed by atoms with E-state index in [2.05, 4.69) is 27.5 Å². The molecule has 0 atom stereocenters. The lowest BCUT2D eigenvalue weighted by molar-refractivity contribution is 0.0527. The third-order valence-electron chi connectivity index (χ3n) is 3.40. The summed E-state index contributed by atoms with van der Waals surface area (Å²) in [6, 6.07) is 8.97. The van der Waals surface area contributed by atoms with Crippen LogP contribution >= 0.6 is 0 Å². The van der Waals surface area contributed by atoms with Gasteiger partial charge in [0, 0.05) is 12.7 Å². The summed E-state index contributed by atoms with van der Waals surface area (Å²) in [5, 5.41) is 6.37. The fourth-order valence-electron chi connectivity index (χ4n) is 2.21. The summed E-state index contributed by atoms with van der Waals surface area (Å²) in [7, 11) is 0. The van der Waals surface area contributed by atoms with Gasteiger partial charge in [0.15, 0.2) is 0 Å². The maximum Gasteiger partial charge on any atom is 0.340 e. The number of nitrogens with one attached hydrogen (secondary N) is 2. The number of nitrogens with zero attached hydrogens (tertiary/aromatic N) is 2. The lowest BCUT2D eigenvalue weighted by atomic mass is 10.2. The molecule has 0 saturated heterocycles. The average Bonchev–Trinajstić information content (AvgIpc) is 2.60. The van der Waals surface area contributed by atoms with Gasteiger partial charge in [0.1, 0.15) is 5.82 Å². The van der Waals surface area contributed by atoms with Gasteiger partial charge in [0.25, 0.3) is 0 Å². The van der Waals surface area contributed by atoms with Crippen molar-refractivity contribution in [2.24, 2.45) is 0 Å². The average molecular weight is 328 g/mol. The Morgan fingerprint density at radius 1 is 1.17 bits per heavy atom. The Morgan fingerprint density at radius 3 is 2.79 bits per heavy atom. The van der Waals surface area contributed by atoms with Crippen molar-refractivity contribution in [3.05, 3.63) is 42.1 Å². The molecule has 0 aliphatic carbocycles. The first-order valence-electron chi connectivity index (χ1n) is 8.34. The van der Waals surface area contributed by atoms with Crippen LogP contribution in [0.5, 0.6) is 0 Å². The Morgan fingerprint density at radius 2 is 2.00 bits per heavy atom. The van der Waals surface area contributed by atoms with Crippen molar-refractivity contribution in [3.8, 4) is 0 Å². The monoisotopic (exact) mass is 328 g/mol. The third kappa shape index (κ3) is 5.22. The van der Waals surface area contributed by atoms with Crippen LogP contribution in [0.15, 0.2) is 36.5 Å². The van der Waals surface area contributed by atoms with Crippen LogP contribution in [0, 0.1) is 0 Å². The van der Waals surface area contributed by atoms with Crippen molar-refractivity contribution in [1.82, 2.24) is 9.97 Å². The predicted molar refractivity (Wildman–Crippen MR) is 95.7 cm³/mol. The van der Waals surface area contributed by atoms with Gasteiger partial charge < -0.3 is 15.4 Å². The lowest BCUT2D eigenvalue weighted by Crippen LogP contribution is -2.09. The highest BCUT2D eigenvalue weighted by molar-refractivity contribution is 5.96. The van der Waals surface area contributed by atoms with Crippen LogP contribution in [0.25, 0.3) is 0 Å². The highest BCUT2D eigenvalue weighted by Crippen LogP contribution is 2.20. The summed E-state index contributed by atoms with van der Waals surface area (Å²) < 4.78 is 5.08. The van der Waals surface area contributed by atoms with E-state index in [9.17, 15) is 4.79 Å². The van der Waals surface area contributed by atoms with E-state index in [-0.39, 0.29) is 5.97 Å². The van der Waals surface area contributed by atoms with Crippen molar-refractivity contribution in [2.45, 2.75) is 33.1 Å². The van der Waals surface area contributed by atoms with Gasteiger partial charge in [-0.05, 0) is 31.5 Å². The molecule has 0 saturated carbocycles. The minimum Gasteiger partial charge on any atom is -0.462 e. The van der Waals surface area contributed by atoms with E-state index in [0.717, 1.165) is 13.0 Å². The standard InChI is InChI=1S/C18H24N4O2/c1-3-5-8-12-19-18-20-13-11-16(22-18)21-15-10-7-6-9-14(15)17(23)24-4-2/h6-7,9-11,13H,3-5,8,12H2,1-2H3,(H2,19,20,21,22). The molecule has 0 bridgehead atoms. The molecule has 1 heterocycles. The van der Waals surface area contributed by atoms with Crippen LogP contribution in [0.1, 0.15) is 43.5 Å². The minimum absolute atomic E-state index is 0.340. The zero-order chi connectivity index (χ0) is 17.2. The number of para-hydroxylation sites is 1. The molecule has 0 spiro atoms. The third-order valence-corrected chi connectivity index (χ3v) is 3.40. The molecule has 0 amide bonds. The molecule has 0 unspecified atom stereocenters. The molecular formula is C18H24N4O2. The molecule has 24 heavy (non-hydrogen) atoms. The fourth-order valence-corrected chi connectivity index (χ4v) is 2.21. The molecule has 128 valence electrons. The van der Waals surface area contributed by atoms with Gasteiger partial charge in [0.2, 0.25) is 5.95 Å². The number of anilines is 3. The zero-order valence-corrected chi connectivity index (χ0v) is 14.2. The van der Waals surface area contributed by atoms with Crippen LogP contribution in [0.2, 0.25) is 0 Å². The Hall–Kier alpha value is -2.63. The second-order valence-corrected chi connectivity index (χ2v) is 5.29. The van der Waals surface area contributed by atoms with E-state index in [4.69, 9.17) is 4.74 Å². The van der Waals surface area contributed by atoms with Crippen molar-refractivity contribution < 1.29 is 9.53 Å². The van der Waals surface area contributed by atoms with Gasteiger partial charge in [-0.1, -0.05) is 31.9 Å². The summed E-state index contributed by atoms with van der Waals surface area (Å²) in [5.74, 6) is 0.844. The Balaban J connectivity index is 2.07. The maximum atomic E-state index is 12.0. The number of unbranched alkanes of at least 4 members (excludes halogenated alkanes) is 2. The van der Waals surface area contributed by atoms with Gasteiger partial charge in [-0.25, -0.2) is 9.78 Å². The van der Waals surface area contributed by atoms with Crippen molar-refractivity contribution in [1.29, 1.82) is 0 Å². The van der Waals surface area contributed by atoms with E-state index < -0.39 is 0 Å². The summed E-state index contributed by atoms with van der Waals surface area (Å²) in [6.07, 6.45) is 5.13. The zero-order valence-electron chi connectivity index (χ0n) is 14.2. The van der Waals surface area contributed by atoms with Crippen LogP contribution in [0.4, 0.5) is 17.5 Å². The molecule has 0 fully saturated rings. The number of ether oxygens (including phenoxy) is 1. The molecule has 0 radical (unpaired) electrons. The minimum atomic E-state index is -0.354. The van der Waals surface area contributed by atoms with Gasteiger partial charge in [-0.15, -0.1) is 0 Å². The van der Waals surface area contributed by atoms with Crippen molar-refractivity contribution in [2.75, 3.05) is 23.8 Å². The fraction of sp³-hybridized carbons (Fsp3) is 0.389. The molecular weight excluding hydrogens is 304 g/mol. The maximum absolute atomic E-state index is 12.0. The quantitative estimate of drug-likeness (QED) is 0.535. The number of hydrogen-bond acceptors (Lipinski definition) is 6. The van der Waals surface area contributed by atoms with Gasteiger partial charge in [-0.3, -0.25) is 0 Å². The topological polar surface area (TPSA) is 76.1 Å². The largest absolute Gasteiger partial charge is 0.462 e. The number of carbonyl (C=O) groups is 1. The van der Waals surface area contributed by atoms with Crippen LogP contribution < -0.4 is 10.6 Å². The van der Waals surface area contributed by atoms with Gasteiger partial charge >= 0.3 is 5.97 Å². The predicted octanol–water partition coefficient (Wildman–Crippen LogP) is 4.00. The first kappa shape index (κ1) is 17.7. The summed E-state index contributed by atoms with van der Waals surface area (Å²) in [5.41, 5.74) is 1.14. The first-order valence-corrected chi connectivity index (χ1v) is 8.34. The Bertz CT molecular complexity index is 661.